The topological polar surface area (TPSA) is 38.1 Å². The summed E-state index contributed by atoms with van der Waals surface area (Å²) in [5, 5.41) is 0. The molecule has 1 aliphatic carbocycles. The summed E-state index contributed by atoms with van der Waals surface area (Å²) in [5.74, 6) is -0.352. The first kappa shape index (κ1) is 16.2. The first-order valence-electron chi connectivity index (χ1n) is 7.77. The Balaban J connectivity index is 1.85. The lowest BCUT2D eigenvalue weighted by atomic mass is 10.1. The lowest BCUT2D eigenvalue weighted by Crippen LogP contribution is -2.38. The molecule has 1 amide bonds. The van der Waals surface area contributed by atoms with Gasteiger partial charge in [0.2, 0.25) is 0 Å². The molecule has 0 saturated heterocycles. The fourth-order valence-electron chi connectivity index (χ4n) is 3.09. The van der Waals surface area contributed by atoms with Crippen molar-refractivity contribution in [3.63, 3.8) is 0 Å². The molecular formula is C17H19BrFN3O. The highest BCUT2D eigenvalue weighted by Gasteiger charge is 2.28. The fraction of sp³-hybridized carbons (Fsp3) is 0.412. The van der Waals surface area contributed by atoms with Gasteiger partial charge >= 0.3 is 0 Å². The Bertz CT molecular complexity index is 710. The Kier molecular flexibility index (Phi) is 4.80. The lowest BCUT2D eigenvalue weighted by molar-refractivity contribution is 0.0659. The molecule has 2 aromatic rings. The van der Waals surface area contributed by atoms with Crippen LogP contribution in [0.5, 0.6) is 0 Å². The van der Waals surface area contributed by atoms with Crippen LogP contribution >= 0.6 is 15.9 Å². The van der Waals surface area contributed by atoms with E-state index in [1.165, 1.54) is 6.07 Å². The van der Waals surface area contributed by atoms with Crippen LogP contribution in [0.2, 0.25) is 0 Å². The zero-order valence-corrected chi connectivity index (χ0v) is 14.6. The number of aryl methyl sites for hydroxylation is 1. The smallest absolute Gasteiger partial charge is 0.274 e. The molecule has 1 fully saturated rings. The zero-order chi connectivity index (χ0) is 16.4. The van der Waals surface area contributed by atoms with E-state index in [4.69, 9.17) is 0 Å². The zero-order valence-electron chi connectivity index (χ0n) is 13.0. The van der Waals surface area contributed by atoms with Crippen molar-refractivity contribution in [1.29, 1.82) is 0 Å². The van der Waals surface area contributed by atoms with E-state index in [0.717, 1.165) is 31.2 Å². The molecule has 1 aromatic heterocycles. The molecule has 0 aliphatic heterocycles. The monoisotopic (exact) mass is 379 g/mol. The maximum Gasteiger partial charge on any atom is 0.274 e. The van der Waals surface area contributed by atoms with Crippen molar-refractivity contribution in [2.45, 2.75) is 38.3 Å². The van der Waals surface area contributed by atoms with E-state index in [-0.39, 0.29) is 17.8 Å². The van der Waals surface area contributed by atoms with Crippen molar-refractivity contribution in [2.75, 3.05) is 0 Å². The van der Waals surface area contributed by atoms with Crippen LogP contribution in [0.15, 0.2) is 35.2 Å². The van der Waals surface area contributed by atoms with E-state index in [9.17, 15) is 9.18 Å². The summed E-state index contributed by atoms with van der Waals surface area (Å²) in [6.45, 7) is 0.471. The van der Waals surface area contributed by atoms with Crippen LogP contribution in [0, 0.1) is 5.82 Å². The number of imidazole rings is 1. The summed E-state index contributed by atoms with van der Waals surface area (Å²) in [4.78, 5) is 18.9. The summed E-state index contributed by atoms with van der Waals surface area (Å²) < 4.78 is 15.6. The summed E-state index contributed by atoms with van der Waals surface area (Å²) in [5.41, 5.74) is 1.37. The molecule has 6 heteroatoms. The molecule has 0 radical (unpaired) electrons. The van der Waals surface area contributed by atoms with Gasteiger partial charge in [0.1, 0.15) is 11.5 Å². The lowest BCUT2D eigenvalue weighted by Gasteiger charge is -2.28. The number of hydrogen-bond donors (Lipinski definition) is 0. The van der Waals surface area contributed by atoms with Crippen molar-refractivity contribution in [2.24, 2.45) is 7.05 Å². The number of benzene rings is 1. The van der Waals surface area contributed by atoms with Gasteiger partial charge in [0, 0.05) is 25.8 Å². The maximum atomic E-state index is 13.4. The Labute approximate surface area is 143 Å². The highest BCUT2D eigenvalue weighted by atomic mass is 79.9. The molecular weight excluding hydrogens is 361 g/mol. The second-order valence-electron chi connectivity index (χ2n) is 6.04. The molecule has 1 aromatic carbocycles. The Morgan fingerprint density at radius 3 is 2.78 bits per heavy atom. The molecule has 1 heterocycles. The van der Waals surface area contributed by atoms with Crippen molar-refractivity contribution >= 4 is 21.8 Å². The summed E-state index contributed by atoms with van der Waals surface area (Å²) in [6, 6.07) is 5.13. The molecule has 1 aliphatic rings. The van der Waals surface area contributed by atoms with Gasteiger partial charge in [-0.2, -0.15) is 0 Å². The Hall–Kier alpha value is -1.69. The van der Waals surface area contributed by atoms with Gasteiger partial charge in [-0.15, -0.1) is 0 Å². The number of carbonyl (C=O) groups is 1. The van der Waals surface area contributed by atoms with E-state index >= 15 is 0 Å². The van der Waals surface area contributed by atoms with Crippen LogP contribution in [0.1, 0.15) is 41.7 Å². The summed E-state index contributed by atoms with van der Waals surface area (Å²) >= 11 is 3.21. The number of hydrogen-bond acceptors (Lipinski definition) is 2. The summed E-state index contributed by atoms with van der Waals surface area (Å²) in [6.07, 6.45) is 7.69. The molecule has 0 spiro atoms. The van der Waals surface area contributed by atoms with Crippen molar-refractivity contribution in [3.8, 4) is 0 Å². The largest absolute Gasteiger partial charge is 0.340 e. The molecule has 23 heavy (non-hydrogen) atoms. The maximum absolute atomic E-state index is 13.4. The quantitative estimate of drug-likeness (QED) is 0.807. The van der Waals surface area contributed by atoms with Crippen molar-refractivity contribution < 1.29 is 9.18 Å². The molecule has 0 bridgehead atoms. The predicted octanol–water partition coefficient (Wildman–Crippen LogP) is 3.91. The second-order valence-corrected chi connectivity index (χ2v) is 6.90. The van der Waals surface area contributed by atoms with Crippen LogP contribution in [0.25, 0.3) is 0 Å². The number of aromatic nitrogens is 2. The van der Waals surface area contributed by atoms with Gasteiger partial charge in [-0.1, -0.05) is 18.9 Å². The molecule has 122 valence electrons. The van der Waals surface area contributed by atoms with E-state index in [1.54, 1.807) is 29.2 Å². The first-order chi connectivity index (χ1) is 11.0. The minimum absolute atomic E-state index is 0.0575. The van der Waals surface area contributed by atoms with Crippen LogP contribution in [-0.2, 0) is 13.6 Å². The van der Waals surface area contributed by atoms with Crippen LogP contribution in [-0.4, -0.2) is 26.4 Å². The van der Waals surface area contributed by atoms with Gasteiger partial charge in [-0.3, -0.25) is 4.79 Å². The minimum atomic E-state index is -0.294. The van der Waals surface area contributed by atoms with Gasteiger partial charge in [0.15, 0.2) is 0 Å². The molecule has 0 N–H and O–H groups in total. The van der Waals surface area contributed by atoms with Crippen LogP contribution in [0.3, 0.4) is 0 Å². The average molecular weight is 380 g/mol. The minimum Gasteiger partial charge on any atom is -0.340 e. The highest BCUT2D eigenvalue weighted by Crippen LogP contribution is 2.27. The number of rotatable bonds is 4. The first-order valence-corrected chi connectivity index (χ1v) is 8.57. The van der Waals surface area contributed by atoms with Gasteiger partial charge in [0.05, 0.1) is 10.8 Å². The molecule has 4 nitrogen and oxygen atoms in total. The molecule has 1 saturated carbocycles. The van der Waals surface area contributed by atoms with Gasteiger partial charge in [-0.25, -0.2) is 9.37 Å². The Morgan fingerprint density at radius 1 is 1.43 bits per heavy atom. The fourth-order valence-corrected chi connectivity index (χ4v) is 3.51. The van der Waals surface area contributed by atoms with Crippen LogP contribution < -0.4 is 0 Å². The van der Waals surface area contributed by atoms with E-state index in [0.29, 0.717) is 16.7 Å². The third-order valence-corrected chi connectivity index (χ3v) is 4.89. The molecule has 0 atom stereocenters. The normalized spacial score (nSPS) is 15.1. The number of halogens is 2. The third-order valence-electron chi connectivity index (χ3n) is 4.29. The Morgan fingerprint density at radius 2 is 2.17 bits per heavy atom. The second kappa shape index (κ2) is 6.83. The summed E-state index contributed by atoms with van der Waals surface area (Å²) in [7, 11) is 1.85. The van der Waals surface area contributed by atoms with E-state index in [2.05, 4.69) is 20.9 Å². The molecule has 3 rings (SSSR count). The standard InChI is InChI=1S/C17H19BrFN3O/c1-21-10-16(20-11-21)17(23)22(13-4-2-3-5-13)9-12-6-7-15(19)14(18)8-12/h6-8,10-11,13H,2-5,9H2,1H3. The highest BCUT2D eigenvalue weighted by molar-refractivity contribution is 9.10. The third kappa shape index (κ3) is 3.63. The van der Waals surface area contributed by atoms with Crippen molar-refractivity contribution in [3.05, 3.63) is 52.3 Å². The van der Waals surface area contributed by atoms with Gasteiger partial charge < -0.3 is 9.47 Å². The predicted molar refractivity (Wildman–Crippen MR) is 89.4 cm³/mol. The van der Waals surface area contributed by atoms with Crippen LogP contribution in [0.4, 0.5) is 4.39 Å². The van der Waals surface area contributed by atoms with Gasteiger partial charge in [-0.05, 0) is 46.5 Å². The molecule has 0 unspecified atom stereocenters. The number of carbonyl (C=O) groups excluding carboxylic acids is 1. The number of amides is 1. The SMILES string of the molecule is Cn1cnc(C(=O)N(Cc2ccc(F)c(Br)c2)C2CCCC2)c1. The van der Waals surface area contributed by atoms with E-state index in [1.807, 2.05) is 11.9 Å². The van der Waals surface area contributed by atoms with Gasteiger partial charge in [0.25, 0.3) is 5.91 Å². The van der Waals surface area contributed by atoms with E-state index < -0.39 is 0 Å². The number of nitrogens with zero attached hydrogens (tertiary/aromatic N) is 3. The average Bonchev–Trinajstić information content (AvgIpc) is 3.19. The van der Waals surface area contributed by atoms with Crippen molar-refractivity contribution in [1.82, 2.24) is 14.5 Å².